The van der Waals surface area contributed by atoms with Crippen LogP contribution in [0.4, 0.5) is 13.2 Å². The summed E-state index contributed by atoms with van der Waals surface area (Å²) >= 11 is 0. The smallest absolute Gasteiger partial charge is 0.416 e. The van der Waals surface area contributed by atoms with E-state index in [9.17, 15) is 13.2 Å². The Morgan fingerprint density at radius 3 is 2.21 bits per heavy atom. The summed E-state index contributed by atoms with van der Waals surface area (Å²) in [4.78, 5) is 0. The van der Waals surface area contributed by atoms with Gasteiger partial charge in [-0.3, -0.25) is 0 Å². The number of hydrogen-bond donors (Lipinski definition) is 1. The van der Waals surface area contributed by atoms with Gasteiger partial charge in [0.15, 0.2) is 0 Å². The molecule has 1 rings (SSSR count). The van der Waals surface area contributed by atoms with Gasteiger partial charge < -0.3 is 10.2 Å². The zero-order valence-electron chi connectivity index (χ0n) is 7.67. The number of halogens is 3. The third-order valence-corrected chi connectivity index (χ3v) is 1.69. The molecule has 2 N–H and O–H groups in total. The molecular weight excluding hydrogens is 199 g/mol. The highest BCUT2D eigenvalue weighted by atomic mass is 19.4. The van der Waals surface area contributed by atoms with Crippen molar-refractivity contribution in [3.63, 3.8) is 0 Å². The van der Waals surface area contributed by atoms with E-state index in [4.69, 9.17) is 5.73 Å². The van der Waals surface area contributed by atoms with E-state index in [0.717, 1.165) is 0 Å². The molecule has 0 fully saturated rings. The summed E-state index contributed by atoms with van der Waals surface area (Å²) in [5.41, 5.74) is 5.53. The number of hydrogen-bond acceptors (Lipinski definition) is 4. The Morgan fingerprint density at radius 2 is 1.86 bits per heavy atom. The van der Waals surface area contributed by atoms with Crippen molar-refractivity contribution in [1.82, 2.24) is 10.2 Å². The van der Waals surface area contributed by atoms with E-state index in [2.05, 4.69) is 14.6 Å². The lowest BCUT2D eigenvalue weighted by molar-refractivity contribution is -0.157. The topological polar surface area (TPSA) is 64.9 Å². The van der Waals surface area contributed by atoms with E-state index in [-0.39, 0.29) is 11.8 Å². The molecule has 1 aromatic heterocycles. The van der Waals surface area contributed by atoms with Gasteiger partial charge in [0.05, 0.1) is 6.04 Å². The zero-order chi connectivity index (χ0) is 10.9. The minimum atomic E-state index is -4.61. The summed E-state index contributed by atoms with van der Waals surface area (Å²) in [7, 11) is 0. The Bertz CT molecular complexity index is 307. The molecule has 0 aromatic carbocycles. The fourth-order valence-electron chi connectivity index (χ4n) is 0.769. The van der Waals surface area contributed by atoms with Crippen molar-refractivity contribution in [3.8, 4) is 0 Å². The van der Waals surface area contributed by atoms with Crippen LogP contribution in [0, 0.1) is 5.92 Å². The average Bonchev–Trinajstić information content (AvgIpc) is 2.49. The number of rotatable bonds is 2. The standard InChI is InChI=1S/C7H10F3N3O/c1-3(2)4(11)5-12-13-6(14-5)7(8,9)10/h3-4H,11H2,1-2H3. The van der Waals surface area contributed by atoms with Gasteiger partial charge in [-0.05, 0) is 5.92 Å². The first-order valence-electron chi connectivity index (χ1n) is 3.98. The van der Waals surface area contributed by atoms with E-state index >= 15 is 0 Å². The van der Waals surface area contributed by atoms with Crippen LogP contribution in [-0.2, 0) is 6.18 Å². The quantitative estimate of drug-likeness (QED) is 0.805. The van der Waals surface area contributed by atoms with Crippen LogP contribution in [0.3, 0.4) is 0 Å². The van der Waals surface area contributed by atoms with Crippen LogP contribution in [-0.4, -0.2) is 10.2 Å². The molecule has 0 spiro atoms. The normalized spacial score (nSPS) is 14.8. The van der Waals surface area contributed by atoms with Gasteiger partial charge in [0.1, 0.15) is 0 Å². The molecule has 0 bridgehead atoms. The van der Waals surface area contributed by atoms with Crippen LogP contribution in [0.25, 0.3) is 0 Å². The zero-order valence-corrected chi connectivity index (χ0v) is 7.67. The summed E-state index contributed by atoms with van der Waals surface area (Å²) in [5.74, 6) is -1.60. The van der Waals surface area contributed by atoms with Crippen LogP contribution in [0.1, 0.15) is 31.7 Å². The largest absolute Gasteiger partial charge is 0.470 e. The number of alkyl halides is 3. The minimum Gasteiger partial charge on any atom is -0.416 e. The highest BCUT2D eigenvalue weighted by Crippen LogP contribution is 2.29. The van der Waals surface area contributed by atoms with Gasteiger partial charge >= 0.3 is 12.1 Å². The van der Waals surface area contributed by atoms with E-state index in [0.29, 0.717) is 0 Å². The molecule has 1 atom stereocenters. The Labute approximate surface area is 78.3 Å². The third kappa shape index (κ3) is 2.22. The van der Waals surface area contributed by atoms with Gasteiger partial charge in [0, 0.05) is 0 Å². The van der Waals surface area contributed by atoms with Crippen LogP contribution >= 0.6 is 0 Å². The van der Waals surface area contributed by atoms with Crippen molar-refractivity contribution in [1.29, 1.82) is 0 Å². The maximum absolute atomic E-state index is 12.0. The fraction of sp³-hybridized carbons (Fsp3) is 0.714. The summed E-state index contributed by atoms with van der Waals surface area (Å²) in [5, 5.41) is 6.11. The summed E-state index contributed by atoms with van der Waals surface area (Å²) in [6, 6.07) is -0.668. The molecule has 7 heteroatoms. The van der Waals surface area contributed by atoms with Gasteiger partial charge in [0.25, 0.3) is 0 Å². The van der Waals surface area contributed by atoms with Crippen molar-refractivity contribution in [2.24, 2.45) is 11.7 Å². The van der Waals surface area contributed by atoms with E-state index in [1.54, 1.807) is 13.8 Å². The van der Waals surface area contributed by atoms with Gasteiger partial charge in [0.2, 0.25) is 5.89 Å². The Morgan fingerprint density at radius 1 is 1.29 bits per heavy atom. The minimum absolute atomic E-state index is 0.0588. The SMILES string of the molecule is CC(C)C(N)c1nnc(C(F)(F)F)o1. The molecule has 0 saturated carbocycles. The predicted octanol–water partition coefficient (Wildman–Crippen LogP) is 1.74. The Hall–Kier alpha value is -1.11. The molecule has 0 amide bonds. The maximum atomic E-state index is 12.0. The molecule has 0 saturated heterocycles. The van der Waals surface area contributed by atoms with Gasteiger partial charge in [-0.15, -0.1) is 10.2 Å². The molecule has 0 aliphatic heterocycles. The second kappa shape index (κ2) is 3.56. The first-order valence-corrected chi connectivity index (χ1v) is 3.98. The molecule has 1 heterocycles. The molecule has 0 radical (unpaired) electrons. The average molecular weight is 209 g/mol. The van der Waals surface area contributed by atoms with E-state index in [1.165, 1.54) is 0 Å². The molecule has 80 valence electrons. The number of nitrogens with two attached hydrogens (primary N) is 1. The monoisotopic (exact) mass is 209 g/mol. The van der Waals surface area contributed by atoms with Crippen LogP contribution < -0.4 is 5.73 Å². The van der Waals surface area contributed by atoms with E-state index < -0.39 is 18.1 Å². The van der Waals surface area contributed by atoms with E-state index in [1.807, 2.05) is 0 Å². The summed E-state index contributed by atoms with van der Waals surface area (Å²) in [6.07, 6.45) is -4.61. The number of nitrogens with zero attached hydrogens (tertiary/aromatic N) is 2. The van der Waals surface area contributed by atoms with Gasteiger partial charge in [-0.25, -0.2) is 0 Å². The first-order chi connectivity index (χ1) is 6.32. The molecular formula is C7H10F3N3O. The molecule has 0 aliphatic rings. The predicted molar refractivity (Wildman–Crippen MR) is 41.1 cm³/mol. The second-order valence-electron chi connectivity index (χ2n) is 3.21. The van der Waals surface area contributed by atoms with Crippen molar-refractivity contribution >= 4 is 0 Å². The van der Waals surface area contributed by atoms with Crippen molar-refractivity contribution in [2.75, 3.05) is 0 Å². The maximum Gasteiger partial charge on any atom is 0.470 e. The summed E-state index contributed by atoms with van der Waals surface area (Å²) < 4.78 is 40.5. The lowest BCUT2D eigenvalue weighted by Crippen LogP contribution is -2.17. The molecule has 14 heavy (non-hydrogen) atoms. The summed E-state index contributed by atoms with van der Waals surface area (Å²) in [6.45, 7) is 3.50. The van der Waals surface area contributed by atoms with Crippen LogP contribution in [0.2, 0.25) is 0 Å². The second-order valence-corrected chi connectivity index (χ2v) is 3.21. The molecule has 1 unspecified atom stereocenters. The molecule has 0 aliphatic carbocycles. The van der Waals surface area contributed by atoms with Gasteiger partial charge in [-0.2, -0.15) is 13.2 Å². The van der Waals surface area contributed by atoms with Gasteiger partial charge in [-0.1, -0.05) is 13.8 Å². The first kappa shape index (κ1) is 11.0. The highest BCUT2D eigenvalue weighted by molar-refractivity contribution is 4.92. The van der Waals surface area contributed by atoms with Crippen LogP contribution in [0.15, 0.2) is 4.42 Å². The van der Waals surface area contributed by atoms with Crippen molar-refractivity contribution < 1.29 is 17.6 Å². The van der Waals surface area contributed by atoms with Crippen molar-refractivity contribution in [2.45, 2.75) is 26.1 Å². The Kier molecular flexibility index (Phi) is 2.79. The molecule has 1 aromatic rings. The Balaban J connectivity index is 2.89. The fourth-order valence-corrected chi connectivity index (χ4v) is 0.769. The molecule has 4 nitrogen and oxygen atoms in total. The number of aromatic nitrogens is 2. The van der Waals surface area contributed by atoms with Crippen LogP contribution in [0.5, 0.6) is 0 Å². The third-order valence-electron chi connectivity index (χ3n) is 1.69. The van der Waals surface area contributed by atoms with Crippen molar-refractivity contribution in [3.05, 3.63) is 11.8 Å². The highest BCUT2D eigenvalue weighted by Gasteiger charge is 2.38. The lowest BCUT2D eigenvalue weighted by atomic mass is 10.1. The lowest BCUT2D eigenvalue weighted by Gasteiger charge is -2.09.